The first kappa shape index (κ1) is 14.9. The fourth-order valence-electron chi connectivity index (χ4n) is 3.32. The number of hydrogen-bond acceptors (Lipinski definition) is 5. The molecule has 0 bridgehead atoms. The number of ether oxygens (including phenoxy) is 2. The molecule has 0 amide bonds. The maximum Gasteiger partial charge on any atom is 0.231 e. The zero-order chi connectivity index (χ0) is 17.7. The minimum absolute atomic E-state index is 0.0333. The zero-order valence-corrected chi connectivity index (χ0v) is 14.5. The fraction of sp³-hybridized carbons (Fsp3) is 0.211. The van der Waals surface area contributed by atoms with E-state index in [1.165, 1.54) is 0 Å². The van der Waals surface area contributed by atoms with Crippen LogP contribution in [0, 0.1) is 6.92 Å². The van der Waals surface area contributed by atoms with Crippen molar-refractivity contribution in [1.29, 1.82) is 0 Å². The largest absolute Gasteiger partial charge is 0.454 e. The molecule has 26 heavy (non-hydrogen) atoms. The Bertz CT molecular complexity index is 1110. The van der Waals surface area contributed by atoms with Crippen molar-refractivity contribution in [3.63, 3.8) is 0 Å². The van der Waals surface area contributed by atoms with E-state index in [4.69, 9.17) is 9.47 Å². The van der Waals surface area contributed by atoms with Gasteiger partial charge in [0.1, 0.15) is 5.82 Å². The van der Waals surface area contributed by atoms with E-state index < -0.39 is 0 Å². The minimum Gasteiger partial charge on any atom is -0.454 e. The number of nitrogens with zero attached hydrogens (tertiary/aromatic N) is 5. The molecule has 2 aromatic carbocycles. The number of aryl methyl sites for hydroxylation is 1. The molecule has 5 rings (SSSR count). The molecule has 7 nitrogen and oxygen atoms in total. The van der Waals surface area contributed by atoms with Gasteiger partial charge in [0.25, 0.3) is 0 Å². The van der Waals surface area contributed by atoms with Crippen LogP contribution in [0.2, 0.25) is 0 Å². The molecule has 2 aromatic heterocycles. The van der Waals surface area contributed by atoms with Gasteiger partial charge >= 0.3 is 0 Å². The second-order valence-electron chi connectivity index (χ2n) is 6.28. The highest BCUT2D eigenvalue weighted by atomic mass is 16.7. The summed E-state index contributed by atoms with van der Waals surface area (Å²) in [6, 6.07) is 13.8. The lowest BCUT2D eigenvalue weighted by molar-refractivity contribution is 0.174. The molecule has 7 heteroatoms. The number of hydrogen-bond donors (Lipinski definition) is 0. The van der Waals surface area contributed by atoms with Crippen LogP contribution < -0.4 is 9.47 Å². The Balaban J connectivity index is 1.62. The van der Waals surface area contributed by atoms with E-state index >= 15 is 0 Å². The summed E-state index contributed by atoms with van der Waals surface area (Å²) in [6.07, 6.45) is 1.85. The van der Waals surface area contributed by atoms with Gasteiger partial charge < -0.3 is 14.0 Å². The van der Waals surface area contributed by atoms with Crippen molar-refractivity contribution >= 4 is 11.0 Å². The van der Waals surface area contributed by atoms with Gasteiger partial charge in [-0.25, -0.2) is 14.6 Å². The number of aromatic nitrogens is 5. The quantitative estimate of drug-likeness (QED) is 0.569. The van der Waals surface area contributed by atoms with E-state index in [-0.39, 0.29) is 12.8 Å². The van der Waals surface area contributed by atoms with Gasteiger partial charge in [0.2, 0.25) is 6.79 Å². The van der Waals surface area contributed by atoms with Crippen LogP contribution in [-0.2, 0) is 0 Å². The third-order valence-electron chi connectivity index (χ3n) is 4.61. The van der Waals surface area contributed by atoms with E-state index in [0.29, 0.717) is 5.82 Å². The SMILES string of the molecule is Cc1nc(C(C)n2cnc3ccccc32)n(-c2ccc3c(c2)OCO3)n1. The monoisotopic (exact) mass is 347 g/mol. The number of benzene rings is 2. The summed E-state index contributed by atoms with van der Waals surface area (Å²) < 4.78 is 14.9. The lowest BCUT2D eigenvalue weighted by atomic mass is 10.2. The highest BCUT2D eigenvalue weighted by Crippen LogP contribution is 2.34. The van der Waals surface area contributed by atoms with Crippen molar-refractivity contribution in [3.8, 4) is 17.2 Å². The number of rotatable bonds is 3. The van der Waals surface area contributed by atoms with Crippen LogP contribution in [0.4, 0.5) is 0 Å². The molecule has 130 valence electrons. The van der Waals surface area contributed by atoms with Crippen LogP contribution in [0.5, 0.6) is 11.5 Å². The summed E-state index contributed by atoms with van der Waals surface area (Å²) in [5.41, 5.74) is 2.92. The Hall–Kier alpha value is -3.35. The average Bonchev–Trinajstić information content (AvgIpc) is 3.38. The summed E-state index contributed by atoms with van der Waals surface area (Å²) in [4.78, 5) is 9.17. The smallest absolute Gasteiger partial charge is 0.231 e. The molecule has 1 aliphatic rings. The van der Waals surface area contributed by atoms with Crippen LogP contribution in [0.25, 0.3) is 16.7 Å². The zero-order valence-electron chi connectivity index (χ0n) is 14.5. The fourth-order valence-corrected chi connectivity index (χ4v) is 3.32. The van der Waals surface area contributed by atoms with Crippen molar-refractivity contribution in [2.75, 3.05) is 6.79 Å². The van der Waals surface area contributed by atoms with Crippen LogP contribution in [0.15, 0.2) is 48.8 Å². The normalized spacial score (nSPS) is 14.1. The summed E-state index contributed by atoms with van der Waals surface area (Å²) in [6.45, 7) is 4.24. The molecule has 0 saturated heterocycles. The lowest BCUT2D eigenvalue weighted by Gasteiger charge is -2.15. The molecule has 0 radical (unpaired) electrons. The van der Waals surface area contributed by atoms with Gasteiger partial charge in [0.05, 0.1) is 29.1 Å². The molecule has 1 aliphatic heterocycles. The number of imidazole rings is 1. The minimum atomic E-state index is -0.0333. The number of fused-ring (bicyclic) bond motifs is 2. The molecule has 0 N–H and O–H groups in total. The number of para-hydroxylation sites is 2. The van der Waals surface area contributed by atoms with Crippen LogP contribution in [-0.4, -0.2) is 31.1 Å². The Labute approximate surface area is 149 Å². The molecule has 0 saturated carbocycles. The lowest BCUT2D eigenvalue weighted by Crippen LogP contribution is -2.13. The molecule has 1 atom stereocenters. The molecular formula is C19H17N5O2. The molecule has 0 aliphatic carbocycles. The van der Waals surface area contributed by atoms with E-state index in [1.54, 1.807) is 0 Å². The van der Waals surface area contributed by atoms with Crippen LogP contribution in [0.3, 0.4) is 0 Å². The van der Waals surface area contributed by atoms with Gasteiger partial charge in [-0.2, -0.15) is 5.10 Å². The summed E-state index contributed by atoms with van der Waals surface area (Å²) in [5, 5.41) is 4.59. The second kappa shape index (κ2) is 5.59. The van der Waals surface area contributed by atoms with Crippen LogP contribution in [0.1, 0.15) is 24.6 Å². The summed E-state index contributed by atoms with van der Waals surface area (Å²) in [5.74, 6) is 3.03. The Morgan fingerprint density at radius 3 is 2.85 bits per heavy atom. The maximum absolute atomic E-state index is 5.50. The summed E-state index contributed by atoms with van der Waals surface area (Å²) in [7, 11) is 0. The van der Waals surface area contributed by atoms with Gasteiger partial charge in [-0.1, -0.05) is 12.1 Å². The highest BCUT2D eigenvalue weighted by molar-refractivity contribution is 5.75. The van der Waals surface area contributed by atoms with Crippen LogP contribution >= 0.6 is 0 Å². The van der Waals surface area contributed by atoms with Gasteiger partial charge in [0.15, 0.2) is 17.3 Å². The van der Waals surface area contributed by atoms with E-state index in [9.17, 15) is 0 Å². The predicted octanol–water partition coefficient (Wildman–Crippen LogP) is 3.26. The van der Waals surface area contributed by atoms with Gasteiger partial charge in [-0.15, -0.1) is 0 Å². The first-order valence-electron chi connectivity index (χ1n) is 8.46. The van der Waals surface area contributed by atoms with Crippen molar-refractivity contribution in [1.82, 2.24) is 24.3 Å². The van der Waals surface area contributed by atoms with E-state index in [1.807, 2.05) is 54.3 Å². The molecule has 0 spiro atoms. The van der Waals surface area contributed by atoms with Crippen molar-refractivity contribution in [2.24, 2.45) is 0 Å². The molecule has 0 fully saturated rings. The molecule has 3 heterocycles. The Kier molecular flexibility index (Phi) is 3.21. The first-order chi connectivity index (χ1) is 12.7. The van der Waals surface area contributed by atoms with Crippen molar-refractivity contribution in [3.05, 3.63) is 60.4 Å². The average molecular weight is 347 g/mol. The standard InChI is InChI=1S/C19H17N5O2/c1-12(23-10-20-15-5-3-4-6-16(15)23)19-21-13(2)22-24(19)14-7-8-17-18(9-14)26-11-25-17/h3-10,12H,11H2,1-2H3. The van der Waals surface area contributed by atoms with E-state index in [0.717, 1.165) is 34.0 Å². The maximum atomic E-state index is 5.50. The van der Waals surface area contributed by atoms with E-state index in [2.05, 4.69) is 32.6 Å². The Morgan fingerprint density at radius 1 is 1.08 bits per heavy atom. The van der Waals surface area contributed by atoms with Gasteiger partial charge in [-0.3, -0.25) is 0 Å². The topological polar surface area (TPSA) is 67.0 Å². The first-order valence-corrected chi connectivity index (χ1v) is 8.46. The van der Waals surface area contributed by atoms with Crippen molar-refractivity contribution < 1.29 is 9.47 Å². The molecule has 1 unspecified atom stereocenters. The summed E-state index contributed by atoms with van der Waals surface area (Å²) >= 11 is 0. The second-order valence-corrected chi connectivity index (χ2v) is 6.28. The molecular weight excluding hydrogens is 330 g/mol. The van der Waals surface area contributed by atoms with Crippen molar-refractivity contribution in [2.45, 2.75) is 19.9 Å². The Morgan fingerprint density at radius 2 is 1.92 bits per heavy atom. The van der Waals surface area contributed by atoms with Gasteiger partial charge in [-0.05, 0) is 38.1 Å². The third-order valence-corrected chi connectivity index (χ3v) is 4.61. The van der Waals surface area contributed by atoms with Gasteiger partial charge in [0, 0.05) is 6.07 Å². The molecule has 4 aromatic rings. The third kappa shape index (κ3) is 2.24. The highest BCUT2D eigenvalue weighted by Gasteiger charge is 2.21. The predicted molar refractivity (Wildman–Crippen MR) is 95.8 cm³/mol.